The van der Waals surface area contributed by atoms with E-state index in [2.05, 4.69) is 14.9 Å². The normalized spacial score (nSPS) is 15.6. The average molecular weight is 387 g/mol. The number of anilines is 1. The molecule has 1 saturated heterocycles. The van der Waals surface area contributed by atoms with Crippen LogP contribution >= 0.6 is 0 Å². The zero-order chi connectivity index (χ0) is 19.1. The van der Waals surface area contributed by atoms with E-state index >= 15 is 0 Å². The molecule has 1 heterocycles. The summed E-state index contributed by atoms with van der Waals surface area (Å²) in [5, 5.41) is 3.43. The van der Waals surface area contributed by atoms with Crippen molar-refractivity contribution in [1.82, 2.24) is 9.62 Å². The van der Waals surface area contributed by atoms with Crippen LogP contribution in [-0.2, 0) is 16.6 Å². The minimum absolute atomic E-state index is 0.261. The Morgan fingerprint density at radius 2 is 1.67 bits per heavy atom. The molecule has 2 aromatic carbocycles. The van der Waals surface area contributed by atoms with Crippen molar-refractivity contribution in [3.63, 3.8) is 0 Å². The van der Waals surface area contributed by atoms with Gasteiger partial charge in [-0.3, -0.25) is 0 Å². The van der Waals surface area contributed by atoms with Crippen LogP contribution in [0, 0.1) is 0 Å². The predicted molar refractivity (Wildman–Crippen MR) is 109 cm³/mol. The number of sulfonamides is 1. The summed E-state index contributed by atoms with van der Waals surface area (Å²) in [6.07, 6.45) is 3.61. The summed E-state index contributed by atoms with van der Waals surface area (Å²) in [5.41, 5.74) is 1.98. The highest BCUT2D eigenvalue weighted by Gasteiger charge is 2.15. The molecule has 0 bridgehead atoms. The summed E-state index contributed by atoms with van der Waals surface area (Å²) in [5.74, 6) is 0.868. The number of likely N-dealkylation sites (tertiary alicyclic amines) is 1. The molecule has 0 aromatic heterocycles. The molecule has 6 nitrogen and oxygen atoms in total. The van der Waals surface area contributed by atoms with Gasteiger partial charge in [0.25, 0.3) is 0 Å². The Labute approximate surface area is 161 Å². The molecule has 27 heavy (non-hydrogen) atoms. The van der Waals surface area contributed by atoms with E-state index in [9.17, 15) is 8.42 Å². The van der Waals surface area contributed by atoms with Crippen molar-refractivity contribution in [2.24, 2.45) is 4.99 Å². The van der Waals surface area contributed by atoms with Gasteiger partial charge >= 0.3 is 0 Å². The lowest BCUT2D eigenvalue weighted by molar-refractivity contribution is 0.340. The van der Waals surface area contributed by atoms with Crippen molar-refractivity contribution in [3.05, 3.63) is 60.2 Å². The maximum atomic E-state index is 11.8. The zero-order valence-corrected chi connectivity index (χ0v) is 16.4. The second-order valence-electron chi connectivity index (χ2n) is 6.53. The Morgan fingerprint density at radius 3 is 2.30 bits per heavy atom. The maximum Gasteiger partial charge on any atom is 0.240 e. The quantitative estimate of drug-likeness (QED) is 0.612. The summed E-state index contributed by atoms with van der Waals surface area (Å²) >= 11 is 0. The summed E-state index contributed by atoms with van der Waals surface area (Å²) in [6, 6.07) is 16.9. The topological polar surface area (TPSA) is 73.8 Å². The number of guanidine groups is 1. The van der Waals surface area contributed by atoms with Crippen LogP contribution in [0.2, 0.25) is 0 Å². The summed E-state index contributed by atoms with van der Waals surface area (Å²) in [6.45, 7) is 2.49. The van der Waals surface area contributed by atoms with Crippen molar-refractivity contribution in [1.29, 1.82) is 0 Å². The molecule has 0 amide bonds. The molecule has 1 aliphatic heterocycles. The first-order chi connectivity index (χ1) is 13.1. The van der Waals surface area contributed by atoms with E-state index in [-0.39, 0.29) is 4.90 Å². The molecule has 1 aliphatic rings. The van der Waals surface area contributed by atoms with Gasteiger partial charge in [-0.15, -0.1) is 0 Å². The fraction of sp³-hybridized carbons (Fsp3) is 0.350. The van der Waals surface area contributed by atoms with E-state index in [1.165, 1.54) is 26.3 Å². The molecule has 144 valence electrons. The smallest absolute Gasteiger partial charge is 0.240 e. The number of rotatable bonds is 5. The van der Waals surface area contributed by atoms with E-state index in [4.69, 9.17) is 4.99 Å². The van der Waals surface area contributed by atoms with Crippen LogP contribution in [0.3, 0.4) is 0 Å². The molecule has 0 atom stereocenters. The molecule has 0 saturated carbocycles. The van der Waals surface area contributed by atoms with Gasteiger partial charge in [-0.1, -0.05) is 30.3 Å². The van der Waals surface area contributed by atoms with Gasteiger partial charge in [0.1, 0.15) is 0 Å². The Hall–Kier alpha value is -2.38. The maximum absolute atomic E-state index is 11.8. The third-order valence-corrected chi connectivity index (χ3v) is 6.03. The molecule has 0 spiro atoms. The molecule has 0 aliphatic carbocycles. The molecular weight excluding hydrogens is 360 g/mol. The van der Waals surface area contributed by atoms with Gasteiger partial charge in [0.15, 0.2) is 5.96 Å². The molecule has 0 radical (unpaired) electrons. The van der Waals surface area contributed by atoms with Gasteiger partial charge in [-0.2, -0.15) is 0 Å². The fourth-order valence-corrected chi connectivity index (χ4v) is 3.76. The van der Waals surface area contributed by atoms with E-state index in [0.717, 1.165) is 30.3 Å². The van der Waals surface area contributed by atoms with Gasteiger partial charge in [0.05, 0.1) is 11.4 Å². The van der Waals surface area contributed by atoms with Crippen molar-refractivity contribution in [3.8, 4) is 0 Å². The van der Waals surface area contributed by atoms with Crippen LogP contribution in [0.25, 0.3) is 0 Å². The average Bonchev–Trinajstić information content (AvgIpc) is 2.73. The van der Waals surface area contributed by atoms with Crippen LogP contribution in [0.15, 0.2) is 64.5 Å². The number of nitrogens with zero attached hydrogens (tertiary/aromatic N) is 2. The molecule has 0 unspecified atom stereocenters. The number of nitrogens with one attached hydrogen (secondary N) is 2. The van der Waals surface area contributed by atoms with Crippen LogP contribution in [-0.4, -0.2) is 39.4 Å². The van der Waals surface area contributed by atoms with Gasteiger partial charge in [0, 0.05) is 18.8 Å². The first kappa shape index (κ1) is 19.4. The monoisotopic (exact) mass is 386 g/mol. The molecule has 3 rings (SSSR count). The van der Waals surface area contributed by atoms with Gasteiger partial charge in [-0.05, 0) is 56.1 Å². The molecule has 2 aromatic rings. The number of aliphatic imine (C=N–C) groups is 1. The van der Waals surface area contributed by atoms with Gasteiger partial charge in [0.2, 0.25) is 10.0 Å². The zero-order valence-electron chi connectivity index (χ0n) is 15.6. The van der Waals surface area contributed by atoms with Crippen molar-refractivity contribution >= 4 is 21.7 Å². The Kier molecular flexibility index (Phi) is 6.47. The lowest BCUT2D eigenvalue weighted by Gasteiger charge is -2.30. The third kappa shape index (κ3) is 5.30. The van der Waals surface area contributed by atoms with Gasteiger partial charge in [-0.25, -0.2) is 18.1 Å². The first-order valence-corrected chi connectivity index (χ1v) is 10.7. The predicted octanol–water partition coefficient (Wildman–Crippen LogP) is 3.05. The Balaban J connectivity index is 1.76. The van der Waals surface area contributed by atoms with Crippen LogP contribution in [0.5, 0.6) is 0 Å². The van der Waals surface area contributed by atoms with E-state index in [0.29, 0.717) is 6.54 Å². The lowest BCUT2D eigenvalue weighted by atomic mass is 10.1. The summed E-state index contributed by atoms with van der Waals surface area (Å²) < 4.78 is 26.0. The van der Waals surface area contributed by atoms with Crippen molar-refractivity contribution in [2.45, 2.75) is 30.7 Å². The van der Waals surface area contributed by atoms with Crippen molar-refractivity contribution < 1.29 is 8.42 Å². The second-order valence-corrected chi connectivity index (χ2v) is 8.42. The fourth-order valence-electron chi connectivity index (χ4n) is 3.03. The van der Waals surface area contributed by atoms with Crippen LogP contribution in [0.4, 0.5) is 5.69 Å². The minimum atomic E-state index is -3.41. The number of hydrogen-bond donors (Lipinski definition) is 2. The van der Waals surface area contributed by atoms with Crippen LogP contribution in [0.1, 0.15) is 24.8 Å². The minimum Gasteiger partial charge on any atom is -0.343 e. The van der Waals surface area contributed by atoms with E-state index in [1.54, 1.807) is 12.1 Å². The highest BCUT2D eigenvalue weighted by Crippen LogP contribution is 2.15. The first-order valence-electron chi connectivity index (χ1n) is 9.22. The van der Waals surface area contributed by atoms with E-state index in [1.807, 2.05) is 42.5 Å². The van der Waals surface area contributed by atoms with Crippen LogP contribution < -0.4 is 10.0 Å². The third-order valence-electron chi connectivity index (χ3n) is 4.60. The lowest BCUT2D eigenvalue weighted by Crippen LogP contribution is -2.40. The second kappa shape index (κ2) is 9.01. The number of piperidine rings is 1. The molecule has 7 heteroatoms. The number of hydrogen-bond acceptors (Lipinski definition) is 3. The van der Waals surface area contributed by atoms with Gasteiger partial charge < -0.3 is 10.2 Å². The summed E-state index contributed by atoms with van der Waals surface area (Å²) in [7, 11) is -2.00. The largest absolute Gasteiger partial charge is 0.343 e. The van der Waals surface area contributed by atoms with E-state index < -0.39 is 10.0 Å². The number of para-hydroxylation sites is 1. The highest BCUT2D eigenvalue weighted by molar-refractivity contribution is 7.89. The molecular formula is C20H26N4O2S. The SMILES string of the molecule is CNS(=O)(=O)c1ccc(CN=C(Nc2ccccc2)N2CCCCC2)cc1. The highest BCUT2D eigenvalue weighted by atomic mass is 32.2. The Morgan fingerprint density at radius 1 is 1.00 bits per heavy atom. The summed E-state index contributed by atoms with van der Waals surface area (Å²) in [4.78, 5) is 7.34. The molecule has 1 fully saturated rings. The molecule has 2 N–H and O–H groups in total. The number of benzene rings is 2. The Bertz CT molecular complexity index is 859. The standard InChI is InChI=1S/C20H26N4O2S/c1-21-27(25,26)19-12-10-17(11-13-19)16-22-20(24-14-6-3-7-15-24)23-18-8-4-2-5-9-18/h2,4-5,8-13,21H,3,6-7,14-16H2,1H3,(H,22,23). The van der Waals surface area contributed by atoms with Crippen molar-refractivity contribution in [2.75, 3.05) is 25.5 Å².